The van der Waals surface area contributed by atoms with Crippen LogP contribution < -0.4 is 15.8 Å². The number of rotatable bonds is 5. The second kappa shape index (κ2) is 4.43. The van der Waals surface area contributed by atoms with Gasteiger partial charge in [-0.05, 0) is 30.9 Å². The molecule has 0 aliphatic heterocycles. The Balaban J connectivity index is 2.14. The first-order valence-corrected chi connectivity index (χ1v) is 5.41. The Morgan fingerprint density at radius 1 is 1.50 bits per heavy atom. The summed E-state index contributed by atoms with van der Waals surface area (Å²) in [5, 5.41) is 3.16. The van der Waals surface area contributed by atoms with Crippen molar-refractivity contribution in [2.24, 2.45) is 11.7 Å². The summed E-state index contributed by atoms with van der Waals surface area (Å²) >= 11 is 0. The van der Waals surface area contributed by atoms with Crippen molar-refractivity contribution in [3.8, 4) is 5.75 Å². The maximum absolute atomic E-state index is 11.3. The Labute approximate surface area is 94.8 Å². The van der Waals surface area contributed by atoms with Crippen LogP contribution in [-0.4, -0.2) is 19.1 Å². The van der Waals surface area contributed by atoms with Gasteiger partial charge in [0.1, 0.15) is 11.8 Å². The maximum atomic E-state index is 11.3. The molecule has 0 heterocycles. The molecule has 0 bridgehead atoms. The van der Waals surface area contributed by atoms with Gasteiger partial charge in [0, 0.05) is 0 Å². The predicted octanol–water partition coefficient (Wildman–Crippen LogP) is 1.37. The third kappa shape index (κ3) is 2.27. The second-order valence-electron chi connectivity index (χ2n) is 4.06. The van der Waals surface area contributed by atoms with E-state index in [2.05, 4.69) is 5.32 Å². The zero-order chi connectivity index (χ0) is 11.5. The van der Waals surface area contributed by atoms with Gasteiger partial charge in [-0.1, -0.05) is 12.1 Å². The standard InChI is InChI=1S/C12H16N2O2/c1-16-10-5-3-2-4-9(10)14-11(12(13)15)8-6-7-8/h2-5,8,11,14H,6-7H2,1H3,(H2,13,15). The molecule has 3 N–H and O–H groups in total. The molecule has 0 aromatic heterocycles. The van der Waals surface area contributed by atoms with Gasteiger partial charge in [-0.25, -0.2) is 0 Å². The number of primary amides is 1. The Kier molecular flexibility index (Phi) is 2.99. The van der Waals surface area contributed by atoms with Gasteiger partial charge in [0.05, 0.1) is 12.8 Å². The van der Waals surface area contributed by atoms with Crippen LogP contribution in [0.3, 0.4) is 0 Å². The van der Waals surface area contributed by atoms with Crippen LogP contribution in [0.1, 0.15) is 12.8 Å². The topological polar surface area (TPSA) is 64.3 Å². The second-order valence-corrected chi connectivity index (χ2v) is 4.06. The van der Waals surface area contributed by atoms with Gasteiger partial charge >= 0.3 is 0 Å². The summed E-state index contributed by atoms with van der Waals surface area (Å²) in [6, 6.07) is 7.25. The molecule has 2 rings (SSSR count). The molecule has 4 nitrogen and oxygen atoms in total. The van der Waals surface area contributed by atoms with Crippen molar-refractivity contribution in [3.05, 3.63) is 24.3 Å². The summed E-state index contributed by atoms with van der Waals surface area (Å²) in [7, 11) is 1.61. The first-order valence-electron chi connectivity index (χ1n) is 5.41. The van der Waals surface area contributed by atoms with E-state index in [1.54, 1.807) is 7.11 Å². The summed E-state index contributed by atoms with van der Waals surface area (Å²) in [6.07, 6.45) is 2.13. The molecule has 0 spiro atoms. The van der Waals surface area contributed by atoms with E-state index in [1.165, 1.54) is 0 Å². The maximum Gasteiger partial charge on any atom is 0.240 e. The van der Waals surface area contributed by atoms with Crippen LogP contribution in [0.5, 0.6) is 5.75 Å². The highest BCUT2D eigenvalue weighted by Crippen LogP contribution is 2.35. The summed E-state index contributed by atoms with van der Waals surface area (Å²) in [4.78, 5) is 11.3. The van der Waals surface area contributed by atoms with E-state index in [0.29, 0.717) is 5.92 Å². The molecule has 1 aromatic rings. The number of amides is 1. The Morgan fingerprint density at radius 3 is 2.75 bits per heavy atom. The molecule has 1 fully saturated rings. The Bertz CT molecular complexity index is 388. The van der Waals surface area contributed by atoms with Gasteiger partial charge in [0.15, 0.2) is 0 Å². The van der Waals surface area contributed by atoms with Crippen LogP contribution in [0.15, 0.2) is 24.3 Å². The van der Waals surface area contributed by atoms with E-state index < -0.39 is 0 Å². The van der Waals surface area contributed by atoms with Crippen molar-refractivity contribution >= 4 is 11.6 Å². The molecule has 1 amide bonds. The number of carbonyl (C=O) groups is 1. The highest BCUT2D eigenvalue weighted by Gasteiger charge is 2.35. The molecule has 4 heteroatoms. The van der Waals surface area contributed by atoms with Gasteiger partial charge in [-0.3, -0.25) is 4.79 Å². The van der Waals surface area contributed by atoms with Gasteiger partial charge in [0.2, 0.25) is 5.91 Å². The summed E-state index contributed by atoms with van der Waals surface area (Å²) in [5.74, 6) is 0.810. The highest BCUT2D eigenvalue weighted by atomic mass is 16.5. The average molecular weight is 220 g/mol. The summed E-state index contributed by atoms with van der Waals surface area (Å²) in [5.41, 5.74) is 6.19. The zero-order valence-electron chi connectivity index (χ0n) is 9.27. The molecule has 16 heavy (non-hydrogen) atoms. The third-order valence-electron chi connectivity index (χ3n) is 2.82. The lowest BCUT2D eigenvalue weighted by Crippen LogP contribution is -2.37. The number of benzene rings is 1. The molecule has 1 atom stereocenters. The Hall–Kier alpha value is -1.71. The molecule has 86 valence electrons. The fourth-order valence-electron chi connectivity index (χ4n) is 1.78. The van der Waals surface area contributed by atoms with Crippen LogP contribution in [0.25, 0.3) is 0 Å². The quantitative estimate of drug-likeness (QED) is 0.787. The lowest BCUT2D eigenvalue weighted by molar-refractivity contribution is -0.119. The van der Waals surface area contributed by atoms with E-state index in [4.69, 9.17) is 10.5 Å². The van der Waals surface area contributed by atoms with Crippen molar-refractivity contribution in [2.45, 2.75) is 18.9 Å². The Morgan fingerprint density at radius 2 is 2.19 bits per heavy atom. The van der Waals surface area contributed by atoms with E-state index in [9.17, 15) is 4.79 Å². The number of hydrogen-bond acceptors (Lipinski definition) is 3. The molecule has 0 radical (unpaired) electrons. The monoisotopic (exact) mass is 220 g/mol. The minimum Gasteiger partial charge on any atom is -0.495 e. The van der Waals surface area contributed by atoms with Gasteiger partial charge in [-0.2, -0.15) is 0 Å². The lowest BCUT2D eigenvalue weighted by Gasteiger charge is -2.17. The van der Waals surface area contributed by atoms with Crippen molar-refractivity contribution in [2.75, 3.05) is 12.4 Å². The summed E-state index contributed by atoms with van der Waals surface area (Å²) < 4.78 is 5.21. The number of para-hydroxylation sites is 2. The number of methoxy groups -OCH3 is 1. The number of hydrogen-bond donors (Lipinski definition) is 2. The van der Waals surface area contributed by atoms with Gasteiger partial charge < -0.3 is 15.8 Å². The molecule has 1 aliphatic rings. The molecule has 1 unspecified atom stereocenters. The minimum atomic E-state index is -0.298. The molecule has 1 saturated carbocycles. The van der Waals surface area contributed by atoms with Crippen molar-refractivity contribution in [1.82, 2.24) is 0 Å². The van der Waals surface area contributed by atoms with Crippen LogP contribution in [0.2, 0.25) is 0 Å². The number of anilines is 1. The van der Waals surface area contributed by atoms with Crippen molar-refractivity contribution < 1.29 is 9.53 Å². The van der Waals surface area contributed by atoms with Crippen LogP contribution in [0.4, 0.5) is 5.69 Å². The normalized spacial score (nSPS) is 16.6. The first kappa shape index (κ1) is 10.8. The van der Waals surface area contributed by atoms with Crippen LogP contribution in [-0.2, 0) is 4.79 Å². The number of nitrogens with one attached hydrogen (secondary N) is 1. The molecular weight excluding hydrogens is 204 g/mol. The molecule has 1 aliphatic carbocycles. The third-order valence-corrected chi connectivity index (χ3v) is 2.82. The number of nitrogens with two attached hydrogens (primary N) is 1. The smallest absolute Gasteiger partial charge is 0.240 e. The number of ether oxygens (including phenoxy) is 1. The largest absolute Gasteiger partial charge is 0.495 e. The number of carbonyl (C=O) groups excluding carboxylic acids is 1. The minimum absolute atomic E-state index is 0.281. The fourth-order valence-corrected chi connectivity index (χ4v) is 1.78. The highest BCUT2D eigenvalue weighted by molar-refractivity contribution is 5.84. The van der Waals surface area contributed by atoms with Crippen LogP contribution >= 0.6 is 0 Å². The van der Waals surface area contributed by atoms with E-state index in [-0.39, 0.29) is 11.9 Å². The molecule has 0 saturated heterocycles. The zero-order valence-corrected chi connectivity index (χ0v) is 9.27. The summed E-state index contributed by atoms with van der Waals surface area (Å²) in [6.45, 7) is 0. The van der Waals surface area contributed by atoms with Crippen molar-refractivity contribution in [1.29, 1.82) is 0 Å². The van der Waals surface area contributed by atoms with Crippen LogP contribution in [0, 0.1) is 5.92 Å². The van der Waals surface area contributed by atoms with Gasteiger partial charge in [-0.15, -0.1) is 0 Å². The lowest BCUT2D eigenvalue weighted by atomic mass is 10.1. The first-order chi connectivity index (χ1) is 7.72. The fraction of sp³-hybridized carbons (Fsp3) is 0.417. The predicted molar refractivity (Wildman–Crippen MR) is 62.3 cm³/mol. The van der Waals surface area contributed by atoms with Gasteiger partial charge in [0.25, 0.3) is 0 Å². The van der Waals surface area contributed by atoms with E-state index in [0.717, 1.165) is 24.3 Å². The molecule has 1 aromatic carbocycles. The molecular formula is C12H16N2O2. The average Bonchev–Trinajstić information content (AvgIpc) is 3.10. The van der Waals surface area contributed by atoms with E-state index in [1.807, 2.05) is 24.3 Å². The van der Waals surface area contributed by atoms with E-state index >= 15 is 0 Å². The SMILES string of the molecule is COc1ccccc1NC(C(N)=O)C1CC1. The van der Waals surface area contributed by atoms with Crippen molar-refractivity contribution in [3.63, 3.8) is 0 Å².